The number of anilines is 1. The Labute approximate surface area is 171 Å². The maximum Gasteiger partial charge on any atom is 0.213 e. The third kappa shape index (κ3) is 4.76. The van der Waals surface area contributed by atoms with Crippen LogP contribution in [0.1, 0.15) is 19.6 Å². The summed E-state index contributed by atoms with van der Waals surface area (Å²) < 4.78 is 5.72. The van der Waals surface area contributed by atoms with E-state index in [0.29, 0.717) is 22.5 Å². The lowest BCUT2D eigenvalue weighted by atomic mass is 10.2. The lowest BCUT2D eigenvalue weighted by molar-refractivity contribution is -0.298. The van der Waals surface area contributed by atoms with Crippen LogP contribution in [0.3, 0.4) is 0 Å². The maximum absolute atomic E-state index is 11.5. The van der Waals surface area contributed by atoms with Gasteiger partial charge in [-0.25, -0.2) is 4.98 Å². The number of rotatable bonds is 8. The fourth-order valence-corrected chi connectivity index (χ4v) is 3.32. The van der Waals surface area contributed by atoms with Crippen LogP contribution in [0.2, 0.25) is 5.02 Å². The minimum absolute atomic E-state index is 0.0536. The Morgan fingerprint density at radius 2 is 1.96 bits per heavy atom. The first-order valence-electron chi connectivity index (χ1n) is 8.64. The minimum Gasteiger partial charge on any atom is -0.544 e. The topological polar surface area (TPSA) is 98.1 Å². The molecule has 9 heteroatoms. The van der Waals surface area contributed by atoms with E-state index in [2.05, 4.69) is 15.2 Å². The number of thioether (sulfide) groups is 1. The zero-order chi connectivity index (χ0) is 20.1. The average molecular weight is 418 g/mol. The molecule has 0 unspecified atom stereocenters. The lowest BCUT2D eigenvalue weighted by Crippen LogP contribution is -2.23. The predicted octanol–water partition coefficient (Wildman–Crippen LogP) is 3.45. The van der Waals surface area contributed by atoms with Gasteiger partial charge in [0.05, 0.1) is 5.97 Å². The van der Waals surface area contributed by atoms with E-state index in [1.165, 1.54) is 6.08 Å². The van der Waals surface area contributed by atoms with E-state index in [4.69, 9.17) is 16.0 Å². The zero-order valence-electron chi connectivity index (χ0n) is 15.3. The molecule has 0 saturated heterocycles. The molecule has 0 aliphatic rings. The van der Waals surface area contributed by atoms with Crippen molar-refractivity contribution in [3.8, 4) is 11.4 Å². The van der Waals surface area contributed by atoms with E-state index in [9.17, 15) is 9.90 Å². The molecule has 3 rings (SSSR count). The molecule has 0 aliphatic carbocycles. The van der Waals surface area contributed by atoms with Crippen molar-refractivity contribution in [1.82, 2.24) is 15.2 Å². The summed E-state index contributed by atoms with van der Waals surface area (Å²) in [6, 6.07) is 10.6. The van der Waals surface area contributed by atoms with Gasteiger partial charge >= 0.3 is 0 Å². The molecule has 146 valence electrons. The van der Waals surface area contributed by atoms with Gasteiger partial charge in [-0.3, -0.25) is 5.10 Å². The highest BCUT2D eigenvalue weighted by atomic mass is 35.5. The van der Waals surface area contributed by atoms with Gasteiger partial charge in [-0.1, -0.05) is 11.6 Å². The van der Waals surface area contributed by atoms with Gasteiger partial charge in [-0.05, 0) is 62.0 Å². The van der Waals surface area contributed by atoms with Crippen LogP contribution >= 0.6 is 23.4 Å². The van der Waals surface area contributed by atoms with E-state index in [1.54, 1.807) is 30.3 Å². The lowest BCUT2D eigenvalue weighted by Gasteiger charge is -2.16. The summed E-state index contributed by atoms with van der Waals surface area (Å²) in [7, 11) is 0. The number of aromatic nitrogens is 3. The van der Waals surface area contributed by atoms with Crippen molar-refractivity contribution in [2.24, 2.45) is 0 Å². The first kappa shape index (κ1) is 20.0. The van der Waals surface area contributed by atoms with Crippen molar-refractivity contribution in [3.63, 3.8) is 0 Å². The molecule has 0 fully saturated rings. The molecule has 2 aromatic heterocycles. The molecule has 0 spiro atoms. The summed E-state index contributed by atoms with van der Waals surface area (Å²) in [6.07, 6.45) is 1.41. The number of benzene rings is 1. The van der Waals surface area contributed by atoms with E-state index in [0.717, 1.165) is 30.4 Å². The van der Waals surface area contributed by atoms with Crippen molar-refractivity contribution in [2.45, 2.75) is 19.0 Å². The summed E-state index contributed by atoms with van der Waals surface area (Å²) in [5.74, 6) is 0.284. The number of carboxylic acid groups (broad SMARTS) is 1. The zero-order valence-corrected chi connectivity index (χ0v) is 16.9. The summed E-state index contributed by atoms with van der Waals surface area (Å²) in [4.78, 5) is 17.8. The number of halogens is 1. The van der Waals surface area contributed by atoms with Crippen molar-refractivity contribution >= 4 is 41.3 Å². The number of hydrogen-bond acceptors (Lipinski definition) is 7. The second-order valence-corrected chi connectivity index (χ2v) is 7.17. The number of furan rings is 1. The number of carbonyl (C=O) groups excluding carboxylic acids is 1. The van der Waals surface area contributed by atoms with E-state index >= 15 is 0 Å². The molecule has 2 heterocycles. The van der Waals surface area contributed by atoms with Crippen molar-refractivity contribution in [3.05, 3.63) is 52.1 Å². The van der Waals surface area contributed by atoms with Crippen LogP contribution in [0, 0.1) is 0 Å². The Bertz CT molecular complexity index is 977. The molecular formula is C19H18ClN4O3S-. The monoisotopic (exact) mass is 417 g/mol. The molecular weight excluding hydrogens is 400 g/mol. The van der Waals surface area contributed by atoms with Crippen LogP contribution in [0.25, 0.3) is 17.5 Å². The summed E-state index contributed by atoms with van der Waals surface area (Å²) in [6.45, 7) is 5.62. The third-order valence-electron chi connectivity index (χ3n) is 3.95. The number of aliphatic carboxylic acids is 1. The highest BCUT2D eigenvalue weighted by Gasteiger charge is 2.12. The fraction of sp³-hybridized carbons (Fsp3) is 0.211. The molecule has 28 heavy (non-hydrogen) atoms. The number of nitrogens with zero attached hydrogens (tertiary/aromatic N) is 3. The molecule has 7 nitrogen and oxygen atoms in total. The molecule has 0 aliphatic heterocycles. The smallest absolute Gasteiger partial charge is 0.213 e. The highest BCUT2D eigenvalue weighted by Crippen LogP contribution is 2.28. The largest absolute Gasteiger partial charge is 0.544 e. The Kier molecular flexibility index (Phi) is 6.43. The molecule has 0 radical (unpaired) electrons. The fourth-order valence-electron chi connectivity index (χ4n) is 2.51. The normalized spacial score (nSPS) is 11.6. The Morgan fingerprint density at radius 3 is 2.61 bits per heavy atom. The van der Waals surface area contributed by atoms with Crippen molar-refractivity contribution < 1.29 is 14.3 Å². The predicted molar refractivity (Wildman–Crippen MR) is 108 cm³/mol. The van der Waals surface area contributed by atoms with Crippen LogP contribution in [0.4, 0.5) is 5.88 Å². The van der Waals surface area contributed by atoms with Crippen LogP contribution in [0.5, 0.6) is 0 Å². The van der Waals surface area contributed by atoms with Gasteiger partial charge in [0.2, 0.25) is 5.16 Å². The molecule has 1 N–H and O–H groups in total. The summed E-state index contributed by atoms with van der Waals surface area (Å²) >= 11 is 6.77. The number of nitrogens with one attached hydrogen (secondary N) is 1. The second kappa shape index (κ2) is 8.99. The quantitative estimate of drug-likeness (QED) is 0.442. The minimum atomic E-state index is -1.33. The van der Waals surface area contributed by atoms with Gasteiger partial charge in [0, 0.05) is 34.6 Å². The Hall–Kier alpha value is -2.71. The van der Waals surface area contributed by atoms with Gasteiger partial charge in [0.25, 0.3) is 0 Å². The van der Waals surface area contributed by atoms with E-state index in [-0.39, 0.29) is 10.1 Å². The number of hydrogen-bond donors (Lipinski definition) is 1. The SMILES string of the molecule is CCN(CC)c1ccc(/C=C(\Sc2n[nH]c(-c3ccc(Cl)cc3)n2)C(=O)[O-])o1. The first-order chi connectivity index (χ1) is 13.5. The van der Waals surface area contributed by atoms with Crippen LogP contribution < -0.4 is 10.0 Å². The Balaban J connectivity index is 1.79. The van der Waals surface area contributed by atoms with Gasteiger partial charge in [-0.2, -0.15) is 0 Å². The van der Waals surface area contributed by atoms with Gasteiger partial charge in [0.15, 0.2) is 11.7 Å². The van der Waals surface area contributed by atoms with Gasteiger partial charge in [-0.15, -0.1) is 5.10 Å². The van der Waals surface area contributed by atoms with Gasteiger partial charge in [0.1, 0.15) is 5.76 Å². The molecule has 0 bridgehead atoms. The van der Waals surface area contributed by atoms with Gasteiger partial charge < -0.3 is 19.2 Å². The molecule has 0 amide bonds. The van der Waals surface area contributed by atoms with Crippen LogP contribution in [-0.2, 0) is 4.79 Å². The standard InChI is InChI=1S/C19H19ClN4O3S/c1-3-24(4-2)16-10-9-14(27-16)11-15(18(25)26)28-19-21-17(22-23-19)12-5-7-13(20)8-6-12/h5-11H,3-4H2,1-2H3,(H,25,26)(H,21,22,23)/p-1/b15-11-. The van der Waals surface area contributed by atoms with Crippen LogP contribution in [0.15, 0.2) is 50.9 Å². The van der Waals surface area contributed by atoms with E-state index in [1.807, 2.05) is 24.8 Å². The number of carboxylic acids is 1. The van der Waals surface area contributed by atoms with Crippen LogP contribution in [-0.4, -0.2) is 34.2 Å². The Morgan fingerprint density at radius 1 is 1.25 bits per heavy atom. The summed E-state index contributed by atoms with van der Waals surface area (Å²) in [5.41, 5.74) is 0.789. The van der Waals surface area contributed by atoms with Crippen molar-refractivity contribution in [1.29, 1.82) is 0 Å². The van der Waals surface area contributed by atoms with E-state index < -0.39 is 5.97 Å². The molecule has 0 saturated carbocycles. The average Bonchev–Trinajstić information content (AvgIpc) is 3.33. The first-order valence-corrected chi connectivity index (χ1v) is 9.83. The highest BCUT2D eigenvalue weighted by molar-refractivity contribution is 8.04. The molecule has 1 aromatic carbocycles. The maximum atomic E-state index is 11.5. The third-order valence-corrected chi connectivity index (χ3v) is 5.07. The summed E-state index contributed by atoms with van der Waals surface area (Å²) in [5, 5.41) is 19.3. The molecule has 3 aromatic rings. The second-order valence-electron chi connectivity index (χ2n) is 5.72. The number of aromatic amines is 1. The van der Waals surface area contributed by atoms with Crippen molar-refractivity contribution in [2.75, 3.05) is 18.0 Å². The molecule has 0 atom stereocenters. The number of carbonyl (C=O) groups is 1. The number of H-pyrrole nitrogens is 1.